The maximum absolute atomic E-state index is 13.2. The fraction of sp³-hybridized carbons (Fsp3) is 0.368. The molecule has 2 aromatic carbocycles. The highest BCUT2D eigenvalue weighted by Gasteiger charge is 2.19. The molecule has 1 nitrogen and oxygen atoms in total. The Kier molecular flexibility index (Phi) is 5.51. The predicted molar refractivity (Wildman–Crippen MR) is 86.7 cm³/mol. The second-order valence-electron chi connectivity index (χ2n) is 5.74. The number of halogens is 1. The van der Waals surface area contributed by atoms with Crippen LogP contribution in [-0.4, -0.2) is 6.04 Å². The van der Waals surface area contributed by atoms with Gasteiger partial charge in [0.15, 0.2) is 0 Å². The van der Waals surface area contributed by atoms with Crippen LogP contribution in [0.5, 0.6) is 0 Å². The van der Waals surface area contributed by atoms with Crippen molar-refractivity contribution in [3.8, 4) is 0 Å². The fourth-order valence-electron chi connectivity index (χ4n) is 2.47. The van der Waals surface area contributed by atoms with Gasteiger partial charge in [-0.2, -0.15) is 0 Å². The molecule has 0 aliphatic carbocycles. The van der Waals surface area contributed by atoms with E-state index in [0.717, 1.165) is 12.0 Å². The lowest BCUT2D eigenvalue weighted by atomic mass is 9.94. The van der Waals surface area contributed by atoms with E-state index in [4.69, 9.17) is 0 Å². The first-order valence-electron chi connectivity index (χ1n) is 7.68. The van der Waals surface area contributed by atoms with Gasteiger partial charge in [-0.1, -0.05) is 62.7 Å². The van der Waals surface area contributed by atoms with Crippen LogP contribution in [0.2, 0.25) is 0 Å². The van der Waals surface area contributed by atoms with Crippen molar-refractivity contribution < 1.29 is 4.39 Å². The smallest absolute Gasteiger partial charge is 0.123 e. The van der Waals surface area contributed by atoms with Crippen LogP contribution in [0.1, 0.15) is 44.4 Å². The molecule has 0 bridgehead atoms. The Labute approximate surface area is 127 Å². The molecule has 2 rings (SSSR count). The zero-order chi connectivity index (χ0) is 15.2. The maximum Gasteiger partial charge on any atom is 0.123 e. The van der Waals surface area contributed by atoms with Crippen LogP contribution in [0.3, 0.4) is 0 Å². The van der Waals surface area contributed by atoms with E-state index in [1.54, 1.807) is 0 Å². The van der Waals surface area contributed by atoms with Crippen molar-refractivity contribution in [2.24, 2.45) is 5.92 Å². The number of hydrogen-bond acceptors (Lipinski definition) is 1. The van der Waals surface area contributed by atoms with E-state index in [0.29, 0.717) is 12.0 Å². The Morgan fingerprint density at radius 2 is 1.48 bits per heavy atom. The van der Waals surface area contributed by atoms with E-state index in [1.165, 1.54) is 17.7 Å². The van der Waals surface area contributed by atoms with Crippen LogP contribution in [0, 0.1) is 11.7 Å². The molecule has 0 spiro atoms. The molecule has 0 heterocycles. The summed E-state index contributed by atoms with van der Waals surface area (Å²) in [4.78, 5) is 0. The van der Waals surface area contributed by atoms with Crippen LogP contribution in [0.15, 0.2) is 54.6 Å². The number of rotatable bonds is 6. The van der Waals surface area contributed by atoms with Crippen molar-refractivity contribution in [1.82, 2.24) is 5.32 Å². The summed E-state index contributed by atoms with van der Waals surface area (Å²) in [6, 6.07) is 17.6. The van der Waals surface area contributed by atoms with Gasteiger partial charge in [0, 0.05) is 6.04 Å². The first-order chi connectivity index (χ1) is 10.1. The van der Waals surface area contributed by atoms with Gasteiger partial charge in [0.05, 0.1) is 6.04 Å². The van der Waals surface area contributed by atoms with E-state index >= 15 is 0 Å². The summed E-state index contributed by atoms with van der Waals surface area (Å²) in [5, 5.41) is 3.70. The summed E-state index contributed by atoms with van der Waals surface area (Å²) < 4.78 is 13.2. The third-order valence-electron chi connectivity index (χ3n) is 4.26. The zero-order valence-electron chi connectivity index (χ0n) is 13.0. The van der Waals surface area contributed by atoms with Gasteiger partial charge in [-0.25, -0.2) is 4.39 Å². The number of hydrogen-bond donors (Lipinski definition) is 1. The summed E-state index contributed by atoms with van der Waals surface area (Å²) in [7, 11) is 0. The molecule has 2 aromatic rings. The van der Waals surface area contributed by atoms with E-state index in [9.17, 15) is 4.39 Å². The maximum atomic E-state index is 13.2. The van der Waals surface area contributed by atoms with Crippen LogP contribution >= 0.6 is 0 Å². The predicted octanol–water partition coefficient (Wildman–Crippen LogP) is 4.94. The molecule has 1 N–H and O–H groups in total. The molecule has 0 saturated heterocycles. The molecule has 0 radical (unpaired) electrons. The van der Waals surface area contributed by atoms with Gasteiger partial charge in [-0.05, 0) is 36.1 Å². The molecule has 0 saturated carbocycles. The molecule has 3 unspecified atom stereocenters. The Morgan fingerprint density at radius 3 is 2.05 bits per heavy atom. The van der Waals surface area contributed by atoms with Crippen LogP contribution < -0.4 is 5.32 Å². The highest BCUT2D eigenvalue weighted by atomic mass is 19.1. The summed E-state index contributed by atoms with van der Waals surface area (Å²) in [6.45, 7) is 6.68. The molecule has 0 amide bonds. The lowest BCUT2D eigenvalue weighted by molar-refractivity contribution is 0.369. The van der Waals surface area contributed by atoms with Crippen LogP contribution in [0.4, 0.5) is 4.39 Å². The van der Waals surface area contributed by atoms with Gasteiger partial charge in [0.2, 0.25) is 0 Å². The quantitative estimate of drug-likeness (QED) is 0.792. The molecular weight excluding hydrogens is 261 g/mol. The molecule has 0 aromatic heterocycles. The van der Waals surface area contributed by atoms with Gasteiger partial charge in [0.25, 0.3) is 0 Å². The molecule has 3 atom stereocenters. The monoisotopic (exact) mass is 285 g/mol. The third kappa shape index (κ3) is 4.15. The minimum atomic E-state index is -0.194. The molecule has 0 fully saturated rings. The van der Waals surface area contributed by atoms with E-state index < -0.39 is 0 Å². The van der Waals surface area contributed by atoms with Crippen molar-refractivity contribution in [1.29, 1.82) is 0 Å². The summed E-state index contributed by atoms with van der Waals surface area (Å²) >= 11 is 0. The molecule has 0 aliphatic rings. The van der Waals surface area contributed by atoms with Crippen molar-refractivity contribution in [3.05, 3.63) is 71.5 Å². The van der Waals surface area contributed by atoms with Gasteiger partial charge in [-0.15, -0.1) is 0 Å². The van der Waals surface area contributed by atoms with E-state index in [-0.39, 0.29) is 11.9 Å². The minimum Gasteiger partial charge on any atom is -0.303 e. The molecule has 2 heteroatoms. The highest BCUT2D eigenvalue weighted by Crippen LogP contribution is 2.24. The Hall–Kier alpha value is -1.67. The molecule has 112 valence electrons. The Morgan fingerprint density at radius 1 is 0.905 bits per heavy atom. The van der Waals surface area contributed by atoms with E-state index in [2.05, 4.69) is 38.2 Å². The standard InChI is InChI=1S/C19H24FN/c1-4-14(2)15(3)21-19(16-8-6-5-7-9-16)17-10-12-18(20)13-11-17/h5-15,19,21H,4H2,1-3H3. The van der Waals surface area contributed by atoms with Gasteiger partial charge < -0.3 is 5.32 Å². The Bertz CT molecular complexity index is 535. The van der Waals surface area contributed by atoms with Crippen molar-refractivity contribution >= 4 is 0 Å². The lowest BCUT2D eigenvalue weighted by Crippen LogP contribution is -2.35. The molecular formula is C19H24FN. The van der Waals surface area contributed by atoms with Crippen LogP contribution in [0.25, 0.3) is 0 Å². The second kappa shape index (κ2) is 7.37. The Balaban J connectivity index is 2.29. The first kappa shape index (κ1) is 15.7. The summed E-state index contributed by atoms with van der Waals surface area (Å²) in [6.07, 6.45) is 1.14. The zero-order valence-corrected chi connectivity index (χ0v) is 13.0. The topological polar surface area (TPSA) is 12.0 Å². The average Bonchev–Trinajstić information content (AvgIpc) is 2.53. The van der Waals surface area contributed by atoms with E-state index in [1.807, 2.05) is 30.3 Å². The average molecular weight is 285 g/mol. The lowest BCUT2D eigenvalue weighted by Gasteiger charge is -2.27. The van der Waals surface area contributed by atoms with Crippen LogP contribution in [-0.2, 0) is 0 Å². The van der Waals surface area contributed by atoms with Gasteiger partial charge in [0.1, 0.15) is 5.82 Å². The minimum absolute atomic E-state index is 0.0933. The second-order valence-corrected chi connectivity index (χ2v) is 5.74. The largest absolute Gasteiger partial charge is 0.303 e. The number of nitrogens with one attached hydrogen (secondary N) is 1. The van der Waals surface area contributed by atoms with Crippen molar-refractivity contribution in [3.63, 3.8) is 0 Å². The first-order valence-corrected chi connectivity index (χ1v) is 7.68. The third-order valence-corrected chi connectivity index (χ3v) is 4.26. The van der Waals surface area contributed by atoms with Crippen molar-refractivity contribution in [2.75, 3.05) is 0 Å². The summed E-state index contributed by atoms with van der Waals surface area (Å²) in [5.74, 6) is 0.400. The van der Waals surface area contributed by atoms with Gasteiger partial charge >= 0.3 is 0 Å². The highest BCUT2D eigenvalue weighted by molar-refractivity contribution is 5.32. The summed E-state index contributed by atoms with van der Waals surface area (Å²) in [5.41, 5.74) is 2.30. The number of benzene rings is 2. The van der Waals surface area contributed by atoms with Crippen molar-refractivity contribution in [2.45, 2.75) is 39.3 Å². The SMILES string of the molecule is CCC(C)C(C)NC(c1ccccc1)c1ccc(F)cc1. The molecule has 21 heavy (non-hydrogen) atoms. The van der Waals surface area contributed by atoms with Gasteiger partial charge in [-0.3, -0.25) is 0 Å². The fourth-order valence-corrected chi connectivity index (χ4v) is 2.47. The molecule has 0 aliphatic heterocycles. The normalized spacial score (nSPS) is 15.4.